The van der Waals surface area contributed by atoms with Crippen LogP contribution in [0.15, 0.2) is 24.3 Å². The minimum Gasteiger partial charge on any atom is -0.463 e. The third kappa shape index (κ3) is 37.4. The molecular weight excluding hydrogens is 1280 g/mol. The largest absolute Gasteiger partial charge is 0.472 e. The number of aliphatic hydroxyl groups excluding tert-OH is 10. The summed E-state index contributed by atoms with van der Waals surface area (Å²) < 4.78 is 64.7. The maximum atomic E-state index is 14.3. The van der Waals surface area contributed by atoms with E-state index in [1.165, 1.54) is 154 Å². The van der Waals surface area contributed by atoms with Crippen molar-refractivity contribution in [1.82, 2.24) is 0 Å². The summed E-state index contributed by atoms with van der Waals surface area (Å²) in [5.74, 6) is -2.24. The summed E-state index contributed by atoms with van der Waals surface area (Å²) >= 11 is 0. The maximum Gasteiger partial charge on any atom is 0.472 e. The van der Waals surface area contributed by atoms with Crippen molar-refractivity contribution >= 4 is 25.7 Å². The molecule has 3 fully saturated rings. The number of rotatable bonds is 58. The van der Waals surface area contributed by atoms with E-state index in [-0.39, 0.29) is 12.8 Å². The number of esters is 3. The van der Waals surface area contributed by atoms with Gasteiger partial charge >= 0.3 is 25.7 Å². The Morgan fingerprint density at radius 3 is 1.20 bits per heavy atom. The van der Waals surface area contributed by atoms with Crippen molar-refractivity contribution in [2.45, 2.75) is 388 Å². The van der Waals surface area contributed by atoms with Crippen LogP contribution in [0.2, 0.25) is 0 Å². The zero-order valence-electron chi connectivity index (χ0n) is 59.1. The zero-order chi connectivity index (χ0) is 71.1. The molecule has 0 spiro atoms. The number of hydrogen-bond donors (Lipinski definition) is 11. The van der Waals surface area contributed by atoms with Gasteiger partial charge in [0.2, 0.25) is 0 Å². The van der Waals surface area contributed by atoms with Crippen LogP contribution in [-0.2, 0) is 61.2 Å². The molecule has 1 aliphatic carbocycles. The molecule has 2 aliphatic heterocycles. The fourth-order valence-corrected chi connectivity index (χ4v) is 13.4. The number of hydrogen-bond acceptors (Lipinski definition) is 23. The normalized spacial score (nSPS) is 27.9. The molecule has 2 saturated heterocycles. The minimum atomic E-state index is -5.72. The van der Waals surface area contributed by atoms with Crippen molar-refractivity contribution in [3.8, 4) is 0 Å². The van der Waals surface area contributed by atoms with E-state index >= 15 is 0 Å². The second-order valence-electron chi connectivity index (χ2n) is 27.1. The van der Waals surface area contributed by atoms with Crippen molar-refractivity contribution in [2.24, 2.45) is 0 Å². The third-order valence-corrected chi connectivity index (χ3v) is 19.6. The van der Waals surface area contributed by atoms with Gasteiger partial charge in [0.15, 0.2) is 18.7 Å². The Bertz CT molecular complexity index is 2110. The maximum absolute atomic E-state index is 14.3. The third-order valence-electron chi connectivity index (χ3n) is 18.6. The van der Waals surface area contributed by atoms with Crippen molar-refractivity contribution in [3.05, 3.63) is 24.3 Å². The monoisotopic (exact) mass is 1410 g/mol. The molecule has 18 unspecified atom stereocenters. The fourth-order valence-electron chi connectivity index (χ4n) is 12.4. The summed E-state index contributed by atoms with van der Waals surface area (Å²) in [4.78, 5) is 50.8. The van der Waals surface area contributed by atoms with Gasteiger partial charge in [0, 0.05) is 18.9 Å². The number of phosphoric acid groups is 1. The number of phosphoric ester groups is 1. The average molecular weight is 1410 g/mol. The molecule has 97 heavy (non-hydrogen) atoms. The van der Waals surface area contributed by atoms with E-state index < -0.39 is 156 Å². The van der Waals surface area contributed by atoms with Gasteiger partial charge in [-0.1, -0.05) is 264 Å². The van der Waals surface area contributed by atoms with Crippen molar-refractivity contribution in [3.63, 3.8) is 0 Å². The fraction of sp³-hybridized carbons (Fsp3) is 0.903. The average Bonchev–Trinajstić information content (AvgIpc) is 0.770. The highest BCUT2D eigenvalue weighted by Crippen LogP contribution is 2.49. The summed E-state index contributed by atoms with van der Waals surface area (Å²) in [6, 6.07) is 0. The SMILES string of the molecule is CCCCCCCCCCCCC/C=C/C=C/C(=O)OC(COC(=O)CCCCCCCCCCCCCCCCCC)COP(=O)(O)OC1C(OC2OC(CO)C(O)C(O)C2O)C(O)C(O)C(O)C1OC1OC(COC(=O)CCCCCCCCCCCCC)C(O)C(O)C1O. The van der Waals surface area contributed by atoms with Gasteiger partial charge in [-0.2, -0.15) is 0 Å². The van der Waals surface area contributed by atoms with Gasteiger partial charge in [0.25, 0.3) is 0 Å². The van der Waals surface area contributed by atoms with Gasteiger partial charge in [-0.15, -0.1) is 0 Å². The minimum absolute atomic E-state index is 0.0275. The highest BCUT2D eigenvalue weighted by molar-refractivity contribution is 7.47. The second-order valence-corrected chi connectivity index (χ2v) is 28.5. The Labute approximate surface area is 579 Å². The van der Waals surface area contributed by atoms with Crippen LogP contribution in [0, 0.1) is 0 Å². The molecule has 2 heterocycles. The van der Waals surface area contributed by atoms with Crippen LogP contribution in [0.5, 0.6) is 0 Å². The molecule has 24 nitrogen and oxygen atoms in total. The lowest BCUT2D eigenvalue weighted by molar-refractivity contribution is -0.360. The number of carbonyl (C=O) groups is 3. The van der Waals surface area contributed by atoms with Crippen molar-refractivity contribution in [2.75, 3.05) is 26.4 Å². The number of ether oxygens (including phenoxy) is 7. The second kappa shape index (κ2) is 54.1. The quantitative estimate of drug-likeness (QED) is 0.00673. The van der Waals surface area contributed by atoms with Crippen LogP contribution in [0.3, 0.4) is 0 Å². The van der Waals surface area contributed by atoms with Crippen LogP contribution in [0.1, 0.15) is 284 Å². The van der Waals surface area contributed by atoms with Crippen LogP contribution in [0.4, 0.5) is 0 Å². The first-order chi connectivity index (χ1) is 46.8. The van der Waals surface area contributed by atoms with Crippen molar-refractivity contribution < 1.29 is 117 Å². The van der Waals surface area contributed by atoms with E-state index in [0.29, 0.717) is 12.8 Å². The molecule has 0 radical (unpaired) electrons. The molecule has 0 bridgehead atoms. The van der Waals surface area contributed by atoms with Gasteiger partial charge in [-0.3, -0.25) is 18.6 Å². The number of allylic oxidation sites excluding steroid dienone is 3. The molecule has 0 aromatic rings. The lowest BCUT2D eigenvalue weighted by Gasteiger charge is -2.49. The molecule has 0 aromatic carbocycles. The summed E-state index contributed by atoms with van der Waals surface area (Å²) in [5, 5.41) is 110. The molecule has 11 N–H and O–H groups in total. The summed E-state index contributed by atoms with van der Waals surface area (Å²) in [6.07, 6.45) is 14.7. The molecule has 3 aliphatic rings. The zero-order valence-corrected chi connectivity index (χ0v) is 60.0. The van der Waals surface area contributed by atoms with E-state index in [4.69, 9.17) is 42.2 Å². The van der Waals surface area contributed by atoms with E-state index in [0.717, 1.165) is 96.0 Å². The van der Waals surface area contributed by atoms with Gasteiger partial charge in [-0.25, -0.2) is 9.36 Å². The Hall–Kier alpha value is -2.56. The van der Waals surface area contributed by atoms with Gasteiger partial charge < -0.3 is 89.1 Å². The predicted molar refractivity (Wildman–Crippen MR) is 365 cm³/mol. The highest BCUT2D eigenvalue weighted by atomic mass is 31.2. The number of carbonyl (C=O) groups excluding carboxylic acids is 3. The molecule has 568 valence electrons. The van der Waals surface area contributed by atoms with E-state index in [2.05, 4.69) is 20.8 Å². The summed E-state index contributed by atoms with van der Waals surface area (Å²) in [6.45, 7) is 3.33. The first-order valence-corrected chi connectivity index (χ1v) is 39.2. The van der Waals surface area contributed by atoms with Gasteiger partial charge in [0.05, 0.1) is 13.2 Å². The Morgan fingerprint density at radius 1 is 0.423 bits per heavy atom. The van der Waals surface area contributed by atoms with Crippen LogP contribution < -0.4 is 0 Å². The topological polar surface area (TPSA) is 374 Å². The van der Waals surface area contributed by atoms with E-state index in [9.17, 15) is 74.9 Å². The lowest BCUT2D eigenvalue weighted by atomic mass is 9.84. The number of aliphatic hydroxyl groups is 10. The first-order valence-electron chi connectivity index (χ1n) is 37.7. The Balaban J connectivity index is 1.76. The summed E-state index contributed by atoms with van der Waals surface area (Å²) in [5.41, 5.74) is 0. The lowest BCUT2D eigenvalue weighted by Crippen LogP contribution is -2.69. The number of unbranched alkanes of at least 4 members (excludes halogenated alkanes) is 36. The smallest absolute Gasteiger partial charge is 0.463 e. The predicted octanol–water partition coefficient (Wildman–Crippen LogP) is 10.1. The standard InChI is InChI=1S/C72H131O24P/c1-4-7-10-13-16-19-22-24-26-28-29-32-35-37-40-43-46-56(74)88-50-53(91-58(76)48-45-42-39-36-33-30-27-25-23-20-17-14-11-8-5-2)51-90-97(86,87)96-70-68(94-71-66(84)61(79)59(77)54(49-73)92-71)64(82)63(81)65(83)69(70)95-72-67(85)62(80)60(78)55(93-72)52-89-57(75)47-44-41-38-34-31-21-18-15-12-9-6-3/h39,42,45,48,53-55,59-73,77-85H,4-38,40-41,43-44,46-47,49-52H2,1-3H3,(H,86,87)/b42-39+,48-45+. The van der Waals surface area contributed by atoms with Crippen LogP contribution in [-0.4, -0.2) is 204 Å². The van der Waals surface area contributed by atoms with Gasteiger partial charge in [-0.05, 0) is 25.7 Å². The molecule has 0 aromatic heterocycles. The Morgan fingerprint density at radius 2 is 0.784 bits per heavy atom. The van der Waals surface area contributed by atoms with Crippen LogP contribution in [0.25, 0.3) is 0 Å². The highest BCUT2D eigenvalue weighted by Gasteiger charge is 2.58. The van der Waals surface area contributed by atoms with E-state index in [1.54, 1.807) is 6.08 Å². The van der Waals surface area contributed by atoms with Crippen molar-refractivity contribution in [1.29, 1.82) is 0 Å². The first kappa shape index (κ1) is 88.7. The molecule has 3 rings (SSSR count). The van der Waals surface area contributed by atoms with Crippen LogP contribution >= 0.6 is 7.82 Å². The molecule has 25 heteroatoms. The molecule has 18 atom stereocenters. The molecule has 0 amide bonds. The Kier molecular flexibility index (Phi) is 49.5. The molecule has 1 saturated carbocycles. The van der Waals surface area contributed by atoms with Gasteiger partial charge in [0.1, 0.15) is 98.7 Å². The van der Waals surface area contributed by atoms with E-state index in [1.807, 2.05) is 6.08 Å². The molecular formula is C72H131O24P. The summed E-state index contributed by atoms with van der Waals surface area (Å²) in [7, 11) is -5.72.